The van der Waals surface area contributed by atoms with E-state index >= 15 is 0 Å². The van der Waals surface area contributed by atoms with Crippen LogP contribution in [0.5, 0.6) is 5.75 Å². The van der Waals surface area contributed by atoms with Crippen LogP contribution in [0.3, 0.4) is 0 Å². The summed E-state index contributed by atoms with van der Waals surface area (Å²) < 4.78 is 65.5. The van der Waals surface area contributed by atoms with E-state index < -0.39 is 31.5 Å². The molecule has 0 bridgehead atoms. The van der Waals surface area contributed by atoms with Gasteiger partial charge in [-0.2, -0.15) is 0 Å². The zero-order valence-electron chi connectivity index (χ0n) is 19.6. The monoisotopic (exact) mass is 549 g/mol. The Hall–Kier alpha value is -1.83. The van der Waals surface area contributed by atoms with Gasteiger partial charge in [0.05, 0.1) is 26.3 Å². The zero-order valence-corrected chi connectivity index (χ0v) is 24.3. The summed E-state index contributed by atoms with van der Waals surface area (Å²) in [5, 5.41) is 1.33. The Morgan fingerprint density at radius 3 is 2.56 bits per heavy atom. The number of carbonyl (C=O) groups is 1. The van der Waals surface area contributed by atoms with Crippen molar-refractivity contribution >= 4 is 42.2 Å². The molecule has 3 aromatic rings. The minimum Gasteiger partial charge on any atom is -0.748 e. The van der Waals surface area contributed by atoms with Crippen molar-refractivity contribution in [3.8, 4) is 5.75 Å². The second-order valence-electron chi connectivity index (χ2n) is 8.37. The quantitative estimate of drug-likeness (QED) is 0.259. The van der Waals surface area contributed by atoms with Gasteiger partial charge < -0.3 is 14.2 Å². The van der Waals surface area contributed by atoms with Crippen LogP contribution in [0.25, 0.3) is 10.8 Å². The Kier molecular flexibility index (Phi) is 7.67. The summed E-state index contributed by atoms with van der Waals surface area (Å²) >= 11 is 0. The number of benzene rings is 3. The van der Waals surface area contributed by atoms with Gasteiger partial charge in [0, 0.05) is 18.4 Å². The molecule has 0 unspecified atom stereocenters. The topological polar surface area (TPSA) is 121 Å². The van der Waals surface area contributed by atoms with Crippen molar-refractivity contribution in [2.75, 3.05) is 17.2 Å². The second kappa shape index (κ2) is 10.1. The third kappa shape index (κ3) is 4.99. The Labute approximate surface area is 251 Å². The number of Topliss-reactive ketones (excluding diaryl/α,β-unsaturated/α-hetero) is 1. The molecule has 2 aliphatic rings. The van der Waals surface area contributed by atoms with E-state index in [2.05, 4.69) is 0 Å². The summed E-state index contributed by atoms with van der Waals surface area (Å²) in [4.78, 5) is 14.5. The molecule has 2 heterocycles. The molecule has 0 atom stereocenters. The Morgan fingerprint density at radius 2 is 1.81 bits per heavy atom. The summed E-state index contributed by atoms with van der Waals surface area (Å²) in [6, 6.07) is 15.6. The number of fused-ring (bicyclic) bond motifs is 4. The van der Waals surface area contributed by atoms with Gasteiger partial charge in [0.15, 0.2) is 5.75 Å². The van der Waals surface area contributed by atoms with E-state index in [1.807, 2.05) is 31.2 Å². The molecule has 8 nitrogen and oxygen atoms in total. The minimum atomic E-state index is -4.39. The molecule has 2 aliphatic heterocycles. The number of rotatable bonds is 5. The normalized spacial score (nSPS) is 18.3. The van der Waals surface area contributed by atoms with Crippen molar-refractivity contribution in [1.82, 2.24) is 0 Å². The number of ketones is 1. The Morgan fingerprint density at radius 1 is 1.06 bits per heavy atom. The van der Waals surface area contributed by atoms with E-state index in [-0.39, 0.29) is 85.6 Å². The van der Waals surface area contributed by atoms with Gasteiger partial charge in [-0.05, 0) is 54.0 Å². The van der Waals surface area contributed by atoms with E-state index in [9.17, 15) is 26.2 Å². The molecule has 0 aliphatic carbocycles. The SMILES string of the molecule is Cc1ccc2c(c1)N(CCCS(=O)(=O)[O-])/C(=C/C=C1/C(=O)c3c(ccc4ccccc34)S1(=O)=O)O2.[K+]. The van der Waals surface area contributed by atoms with Gasteiger partial charge in [0.1, 0.15) is 4.91 Å². The fraction of sp³-hybridized carbons (Fsp3) is 0.160. The van der Waals surface area contributed by atoms with Gasteiger partial charge in [-0.15, -0.1) is 0 Å². The third-order valence-corrected chi connectivity index (χ3v) is 8.57. The second-order valence-corrected chi connectivity index (χ2v) is 11.8. The molecule has 0 amide bonds. The molecule has 180 valence electrons. The third-order valence-electron chi connectivity index (χ3n) is 5.96. The van der Waals surface area contributed by atoms with Crippen molar-refractivity contribution < 1.29 is 82.3 Å². The van der Waals surface area contributed by atoms with Gasteiger partial charge in [-0.25, -0.2) is 16.8 Å². The van der Waals surface area contributed by atoms with Gasteiger partial charge in [-0.1, -0.05) is 36.4 Å². The average Bonchev–Trinajstić information content (AvgIpc) is 3.23. The van der Waals surface area contributed by atoms with E-state index in [1.54, 1.807) is 29.2 Å². The molecule has 0 saturated carbocycles. The van der Waals surface area contributed by atoms with Crippen LogP contribution in [0.2, 0.25) is 0 Å². The van der Waals surface area contributed by atoms with Crippen LogP contribution >= 0.6 is 0 Å². The zero-order chi connectivity index (χ0) is 25.0. The molecule has 0 fully saturated rings. The summed E-state index contributed by atoms with van der Waals surface area (Å²) in [5.41, 5.74) is 1.74. The average molecular weight is 550 g/mol. The van der Waals surface area contributed by atoms with E-state index in [0.717, 1.165) is 10.9 Å². The van der Waals surface area contributed by atoms with Gasteiger partial charge in [0.25, 0.3) is 0 Å². The Bertz CT molecular complexity index is 1680. The molecular formula is C25H20KNO7S2. The first kappa shape index (κ1) is 27.2. The van der Waals surface area contributed by atoms with E-state index in [1.165, 1.54) is 18.2 Å². The van der Waals surface area contributed by atoms with E-state index in [0.29, 0.717) is 16.8 Å². The molecule has 36 heavy (non-hydrogen) atoms. The first-order valence-electron chi connectivity index (χ1n) is 10.8. The smallest absolute Gasteiger partial charge is 0.748 e. The van der Waals surface area contributed by atoms with Gasteiger partial charge in [0.2, 0.25) is 21.5 Å². The number of aryl methyl sites for hydroxylation is 1. The number of nitrogens with zero attached hydrogens (tertiary/aromatic N) is 1. The number of anilines is 1. The molecule has 0 N–H and O–H groups in total. The van der Waals surface area contributed by atoms with Crippen molar-refractivity contribution in [1.29, 1.82) is 0 Å². The molecule has 3 aromatic carbocycles. The first-order valence-corrected chi connectivity index (χ1v) is 13.9. The Balaban J connectivity index is 0.00000304. The van der Waals surface area contributed by atoms with Crippen LogP contribution in [0.4, 0.5) is 5.69 Å². The van der Waals surface area contributed by atoms with Crippen LogP contribution in [-0.4, -0.2) is 39.5 Å². The van der Waals surface area contributed by atoms with E-state index in [4.69, 9.17) is 4.74 Å². The summed E-state index contributed by atoms with van der Waals surface area (Å²) in [7, 11) is -8.42. The molecule has 0 spiro atoms. The molecule has 0 saturated heterocycles. The number of carbonyl (C=O) groups excluding carboxylic acids is 1. The molecule has 5 rings (SSSR count). The van der Waals surface area contributed by atoms with Crippen LogP contribution in [0, 0.1) is 6.92 Å². The van der Waals surface area contributed by atoms with Crippen LogP contribution in [0.1, 0.15) is 22.3 Å². The number of hydrogen-bond donors (Lipinski definition) is 0. The number of ether oxygens (including phenoxy) is 1. The standard InChI is InChI=1S/C25H21NO7S2.K/c1-16-7-9-20-19(15-16)26(13-4-14-34(28,29)30)23(33-20)12-11-22-25(27)24-18-6-3-2-5-17(18)8-10-21(24)35(22,31)32;/h2-3,5-12,15H,4,13-14H2,1H3,(H,28,29,30);/q;+1/p-1/b22-11-,23-12-;. The predicted octanol–water partition coefficient (Wildman–Crippen LogP) is 0.682. The van der Waals surface area contributed by atoms with Crippen molar-refractivity contribution in [3.63, 3.8) is 0 Å². The first-order chi connectivity index (χ1) is 16.6. The molecular weight excluding hydrogens is 530 g/mol. The van der Waals surface area contributed by atoms with Gasteiger partial charge in [-0.3, -0.25) is 4.79 Å². The summed E-state index contributed by atoms with van der Waals surface area (Å²) in [5.74, 6) is -0.414. The molecule has 11 heteroatoms. The predicted molar refractivity (Wildman–Crippen MR) is 130 cm³/mol. The van der Waals surface area contributed by atoms with Crippen molar-refractivity contribution in [3.05, 3.63) is 88.7 Å². The van der Waals surface area contributed by atoms with Crippen molar-refractivity contribution in [2.45, 2.75) is 18.2 Å². The van der Waals surface area contributed by atoms with Crippen LogP contribution < -0.4 is 61.0 Å². The largest absolute Gasteiger partial charge is 1.00 e. The van der Waals surface area contributed by atoms with Crippen LogP contribution in [0.15, 0.2) is 82.4 Å². The summed E-state index contributed by atoms with van der Waals surface area (Å²) in [6.45, 7) is 2.04. The minimum absolute atomic E-state index is 0. The summed E-state index contributed by atoms with van der Waals surface area (Å²) in [6.07, 6.45) is 2.66. The fourth-order valence-electron chi connectivity index (χ4n) is 4.35. The molecule has 0 radical (unpaired) electrons. The number of sulfone groups is 1. The molecule has 0 aromatic heterocycles. The van der Waals surface area contributed by atoms with Gasteiger partial charge >= 0.3 is 51.4 Å². The maximum atomic E-state index is 13.2. The maximum Gasteiger partial charge on any atom is 1.00 e. The number of hydrogen-bond acceptors (Lipinski definition) is 8. The maximum absolute atomic E-state index is 13.2. The van der Waals surface area contributed by atoms with Crippen molar-refractivity contribution in [2.24, 2.45) is 0 Å². The number of allylic oxidation sites excluding steroid dienone is 3. The fourth-order valence-corrected chi connectivity index (χ4v) is 6.38. The van der Waals surface area contributed by atoms with Crippen LogP contribution in [-0.2, 0) is 20.0 Å².